The van der Waals surface area contributed by atoms with Gasteiger partial charge in [0.05, 0.1) is 33.9 Å². The molecule has 0 saturated carbocycles. The first-order valence-corrected chi connectivity index (χ1v) is 11.7. The third-order valence-corrected chi connectivity index (χ3v) is 6.78. The smallest absolute Gasteiger partial charge is 0.225 e. The van der Waals surface area contributed by atoms with Gasteiger partial charge in [-0.25, -0.2) is 4.68 Å². The second kappa shape index (κ2) is 9.98. The average Bonchev–Trinajstić information content (AvgIpc) is 3.33. The van der Waals surface area contributed by atoms with E-state index in [4.69, 9.17) is 23.2 Å². The van der Waals surface area contributed by atoms with Crippen LogP contribution in [0.1, 0.15) is 41.4 Å². The van der Waals surface area contributed by atoms with Crippen LogP contribution in [0.2, 0.25) is 10.0 Å². The van der Waals surface area contributed by atoms with Gasteiger partial charge in [0.15, 0.2) is 0 Å². The lowest BCUT2D eigenvalue weighted by atomic mass is 10.0. The van der Waals surface area contributed by atoms with Crippen molar-refractivity contribution >= 4 is 35.0 Å². The van der Waals surface area contributed by atoms with Crippen LogP contribution in [0, 0.1) is 13.8 Å². The second-order valence-electron chi connectivity index (χ2n) is 8.31. The van der Waals surface area contributed by atoms with Gasteiger partial charge in [-0.15, -0.1) is 0 Å². The molecule has 0 aliphatic carbocycles. The van der Waals surface area contributed by atoms with Gasteiger partial charge < -0.3 is 10.2 Å². The molecule has 1 unspecified atom stereocenters. The van der Waals surface area contributed by atoms with E-state index in [2.05, 4.69) is 10.4 Å². The largest absolute Gasteiger partial charge is 0.347 e. The number of carbonyl (C=O) groups is 2. The lowest BCUT2D eigenvalue weighted by molar-refractivity contribution is -0.129. The summed E-state index contributed by atoms with van der Waals surface area (Å²) in [5, 5.41) is 8.68. The van der Waals surface area contributed by atoms with Crippen LogP contribution >= 0.6 is 23.2 Å². The Morgan fingerprint density at radius 3 is 2.55 bits per heavy atom. The predicted molar refractivity (Wildman–Crippen MR) is 130 cm³/mol. The SMILES string of the molecule is Cc1nn(-c2ccc(Cl)c(Cl)c2)c(C)c1CC(=O)NC(CN1CCCC1=O)c1ccccc1. The van der Waals surface area contributed by atoms with Crippen molar-refractivity contribution in [3.8, 4) is 5.69 Å². The van der Waals surface area contributed by atoms with Crippen LogP contribution in [0.4, 0.5) is 0 Å². The summed E-state index contributed by atoms with van der Waals surface area (Å²) in [6.45, 7) is 5.02. The summed E-state index contributed by atoms with van der Waals surface area (Å²) >= 11 is 12.2. The molecule has 0 spiro atoms. The van der Waals surface area contributed by atoms with Gasteiger partial charge >= 0.3 is 0 Å². The molecule has 172 valence electrons. The van der Waals surface area contributed by atoms with E-state index in [1.54, 1.807) is 16.8 Å². The summed E-state index contributed by atoms with van der Waals surface area (Å²) in [5.74, 6) is 0.0233. The molecular formula is C25H26Cl2N4O2. The first kappa shape index (κ1) is 23.3. The molecule has 2 aromatic carbocycles. The summed E-state index contributed by atoms with van der Waals surface area (Å²) < 4.78 is 1.78. The maximum absolute atomic E-state index is 13.1. The van der Waals surface area contributed by atoms with Crippen LogP contribution in [-0.4, -0.2) is 39.6 Å². The topological polar surface area (TPSA) is 67.2 Å². The highest BCUT2D eigenvalue weighted by molar-refractivity contribution is 6.42. The number of benzene rings is 2. The van der Waals surface area contributed by atoms with E-state index >= 15 is 0 Å². The van der Waals surface area contributed by atoms with E-state index < -0.39 is 0 Å². The number of aryl methyl sites for hydroxylation is 1. The number of nitrogens with one attached hydrogen (secondary N) is 1. The van der Waals surface area contributed by atoms with Crippen LogP contribution < -0.4 is 5.32 Å². The number of nitrogens with zero attached hydrogens (tertiary/aromatic N) is 3. The Morgan fingerprint density at radius 2 is 1.88 bits per heavy atom. The first-order valence-electron chi connectivity index (χ1n) is 11.0. The Morgan fingerprint density at radius 1 is 1.12 bits per heavy atom. The minimum absolute atomic E-state index is 0.115. The van der Waals surface area contributed by atoms with Crippen molar-refractivity contribution < 1.29 is 9.59 Å². The highest BCUT2D eigenvalue weighted by Gasteiger charge is 2.26. The van der Waals surface area contributed by atoms with E-state index in [1.165, 1.54) is 0 Å². The Balaban J connectivity index is 1.53. The molecule has 33 heavy (non-hydrogen) atoms. The van der Waals surface area contributed by atoms with Gasteiger partial charge in [-0.3, -0.25) is 9.59 Å². The molecule has 6 nitrogen and oxygen atoms in total. The van der Waals surface area contributed by atoms with E-state index in [9.17, 15) is 9.59 Å². The molecule has 2 heterocycles. The fourth-order valence-electron chi connectivity index (χ4n) is 4.24. The molecule has 1 saturated heterocycles. The molecule has 1 atom stereocenters. The minimum Gasteiger partial charge on any atom is -0.347 e. The summed E-state index contributed by atoms with van der Waals surface area (Å²) in [4.78, 5) is 27.1. The molecule has 8 heteroatoms. The third kappa shape index (κ3) is 5.23. The molecule has 1 aliphatic heterocycles. The number of amides is 2. The number of aromatic nitrogens is 2. The molecule has 4 rings (SSSR count). The van der Waals surface area contributed by atoms with Gasteiger partial charge in [-0.1, -0.05) is 53.5 Å². The summed E-state index contributed by atoms with van der Waals surface area (Å²) in [6, 6.07) is 14.8. The standard InChI is InChI=1S/C25H26Cl2N4O2/c1-16-20(17(2)31(29-16)19-10-11-21(26)22(27)13-19)14-24(32)28-23(18-7-4-3-5-8-18)15-30-12-6-9-25(30)33/h3-5,7-8,10-11,13,23H,6,9,12,14-15H2,1-2H3,(H,28,32). The lowest BCUT2D eigenvalue weighted by Crippen LogP contribution is -2.39. The van der Waals surface area contributed by atoms with Crippen LogP contribution in [0.3, 0.4) is 0 Å². The fourth-order valence-corrected chi connectivity index (χ4v) is 4.53. The van der Waals surface area contributed by atoms with Gasteiger partial charge in [0.25, 0.3) is 0 Å². The van der Waals surface area contributed by atoms with Crippen LogP contribution in [0.5, 0.6) is 0 Å². The minimum atomic E-state index is -0.272. The van der Waals surface area contributed by atoms with E-state index in [-0.39, 0.29) is 24.3 Å². The van der Waals surface area contributed by atoms with Crippen molar-refractivity contribution in [1.82, 2.24) is 20.0 Å². The number of hydrogen-bond acceptors (Lipinski definition) is 3. The Labute approximate surface area is 203 Å². The maximum Gasteiger partial charge on any atom is 0.225 e. The van der Waals surface area contributed by atoms with Gasteiger partial charge in [0.2, 0.25) is 11.8 Å². The van der Waals surface area contributed by atoms with Gasteiger partial charge in [-0.05, 0) is 44.0 Å². The highest BCUT2D eigenvalue weighted by atomic mass is 35.5. The monoisotopic (exact) mass is 484 g/mol. The van der Waals surface area contributed by atoms with Crippen LogP contribution in [0.15, 0.2) is 48.5 Å². The number of likely N-dealkylation sites (tertiary alicyclic amines) is 1. The molecule has 2 amide bonds. The fraction of sp³-hybridized carbons (Fsp3) is 0.320. The zero-order chi connectivity index (χ0) is 23.5. The Kier molecular flexibility index (Phi) is 7.05. The van der Waals surface area contributed by atoms with E-state index in [0.29, 0.717) is 23.0 Å². The molecule has 0 radical (unpaired) electrons. The lowest BCUT2D eigenvalue weighted by Gasteiger charge is -2.25. The van der Waals surface area contributed by atoms with E-state index in [1.807, 2.05) is 55.1 Å². The first-order chi connectivity index (χ1) is 15.8. The van der Waals surface area contributed by atoms with Crippen molar-refractivity contribution in [3.63, 3.8) is 0 Å². The number of hydrogen-bond donors (Lipinski definition) is 1. The third-order valence-electron chi connectivity index (χ3n) is 6.04. The molecule has 3 aromatic rings. The molecule has 0 bridgehead atoms. The molecule has 1 aliphatic rings. The highest BCUT2D eigenvalue weighted by Crippen LogP contribution is 2.26. The van der Waals surface area contributed by atoms with Crippen molar-refractivity contribution in [2.24, 2.45) is 0 Å². The molecular weight excluding hydrogens is 459 g/mol. The molecule has 1 N–H and O–H groups in total. The average molecular weight is 485 g/mol. The Bertz CT molecular complexity index is 1180. The molecule has 1 fully saturated rings. The number of carbonyl (C=O) groups excluding carboxylic acids is 2. The van der Waals surface area contributed by atoms with Crippen molar-refractivity contribution in [1.29, 1.82) is 0 Å². The summed E-state index contributed by atoms with van der Waals surface area (Å²) in [5.41, 5.74) is 4.27. The van der Waals surface area contributed by atoms with Crippen molar-refractivity contribution in [2.75, 3.05) is 13.1 Å². The van der Waals surface area contributed by atoms with Crippen LogP contribution in [0.25, 0.3) is 5.69 Å². The quantitative estimate of drug-likeness (QED) is 0.522. The van der Waals surface area contributed by atoms with Crippen molar-refractivity contribution in [2.45, 2.75) is 39.2 Å². The number of halogens is 2. The van der Waals surface area contributed by atoms with E-state index in [0.717, 1.165) is 41.2 Å². The summed E-state index contributed by atoms with van der Waals surface area (Å²) in [7, 11) is 0. The van der Waals surface area contributed by atoms with Gasteiger partial charge in [0, 0.05) is 30.8 Å². The normalized spacial score (nSPS) is 14.5. The Hall–Kier alpha value is -2.83. The number of rotatable bonds is 7. The zero-order valence-electron chi connectivity index (χ0n) is 18.6. The zero-order valence-corrected chi connectivity index (χ0v) is 20.2. The van der Waals surface area contributed by atoms with Gasteiger partial charge in [-0.2, -0.15) is 5.10 Å². The second-order valence-corrected chi connectivity index (χ2v) is 9.12. The van der Waals surface area contributed by atoms with Crippen LogP contribution in [-0.2, 0) is 16.0 Å². The predicted octanol–water partition coefficient (Wildman–Crippen LogP) is 4.82. The molecule has 1 aromatic heterocycles. The maximum atomic E-state index is 13.1. The summed E-state index contributed by atoms with van der Waals surface area (Å²) in [6.07, 6.45) is 1.62. The van der Waals surface area contributed by atoms with Gasteiger partial charge in [0.1, 0.15) is 0 Å². The van der Waals surface area contributed by atoms with Crippen molar-refractivity contribution in [3.05, 3.63) is 81.1 Å².